The molecule has 0 aliphatic rings. The third-order valence-corrected chi connectivity index (χ3v) is 1.97. The van der Waals surface area contributed by atoms with E-state index < -0.39 is 11.6 Å². The molecule has 1 atom stereocenters. The fraction of sp³-hybridized carbons (Fsp3) is 0.455. The highest BCUT2D eigenvalue weighted by molar-refractivity contribution is 5.34. The summed E-state index contributed by atoms with van der Waals surface area (Å²) in [7, 11) is 0. The van der Waals surface area contributed by atoms with Crippen molar-refractivity contribution in [1.29, 1.82) is 0 Å². The second-order valence-corrected chi connectivity index (χ2v) is 4.29. The fourth-order valence-corrected chi connectivity index (χ4v) is 1.17. The van der Waals surface area contributed by atoms with Gasteiger partial charge in [-0.3, -0.25) is 0 Å². The molecule has 13 heavy (non-hydrogen) atoms. The third-order valence-electron chi connectivity index (χ3n) is 1.97. The van der Waals surface area contributed by atoms with Crippen molar-refractivity contribution >= 4 is 0 Å². The summed E-state index contributed by atoms with van der Waals surface area (Å²) in [4.78, 5) is 0. The first kappa shape index (κ1) is 10.0. The van der Waals surface area contributed by atoms with Crippen LogP contribution in [0.15, 0.2) is 24.3 Å². The molecular weight excluding hydrogens is 167 g/mol. The molecule has 1 unspecified atom stereocenters. The lowest BCUT2D eigenvalue weighted by Gasteiger charge is -2.24. The number of halogens is 1. The predicted octanol–water partition coefficient (Wildman–Crippen LogP) is 3.45. The van der Waals surface area contributed by atoms with Gasteiger partial charge in [-0.15, -0.1) is 0 Å². The number of rotatable bonds is 1. The Kier molecular flexibility index (Phi) is 2.60. The Bertz CT molecular complexity index is 288. The largest absolute Gasteiger partial charge is 0.508 e. The third kappa shape index (κ3) is 2.20. The van der Waals surface area contributed by atoms with E-state index in [1.165, 1.54) is 6.07 Å². The zero-order valence-electron chi connectivity index (χ0n) is 8.21. The van der Waals surface area contributed by atoms with Crippen LogP contribution in [0, 0.1) is 5.41 Å². The lowest BCUT2D eigenvalue weighted by molar-refractivity contribution is 0.161. The van der Waals surface area contributed by atoms with E-state index in [-0.39, 0.29) is 5.75 Å². The van der Waals surface area contributed by atoms with E-state index in [0.29, 0.717) is 5.56 Å². The summed E-state index contributed by atoms with van der Waals surface area (Å²) in [6.45, 7) is 5.43. The molecule has 72 valence electrons. The molecule has 1 nitrogen and oxygen atoms in total. The van der Waals surface area contributed by atoms with Crippen LogP contribution in [0.25, 0.3) is 0 Å². The van der Waals surface area contributed by atoms with Crippen molar-refractivity contribution in [3.8, 4) is 5.75 Å². The van der Waals surface area contributed by atoms with Crippen LogP contribution < -0.4 is 0 Å². The first-order valence-corrected chi connectivity index (χ1v) is 4.35. The van der Waals surface area contributed by atoms with Gasteiger partial charge in [0.15, 0.2) is 0 Å². The van der Waals surface area contributed by atoms with E-state index in [1.54, 1.807) is 18.2 Å². The van der Waals surface area contributed by atoms with Gasteiger partial charge < -0.3 is 5.11 Å². The summed E-state index contributed by atoms with van der Waals surface area (Å²) in [6.07, 6.45) is -1.13. The number of benzene rings is 1. The maximum atomic E-state index is 13.7. The zero-order chi connectivity index (χ0) is 10.1. The molecule has 1 rings (SSSR count). The van der Waals surface area contributed by atoms with Gasteiger partial charge >= 0.3 is 0 Å². The molecule has 2 heteroatoms. The Morgan fingerprint density at radius 3 is 2.23 bits per heavy atom. The molecular formula is C11H15FO. The van der Waals surface area contributed by atoms with E-state index in [1.807, 2.05) is 20.8 Å². The number of alkyl halides is 1. The van der Waals surface area contributed by atoms with Crippen LogP contribution in [-0.2, 0) is 0 Å². The van der Waals surface area contributed by atoms with Crippen molar-refractivity contribution in [2.75, 3.05) is 0 Å². The molecule has 1 aromatic rings. The quantitative estimate of drug-likeness (QED) is 0.705. The molecule has 0 heterocycles. The maximum absolute atomic E-state index is 13.7. The Morgan fingerprint density at radius 1 is 1.23 bits per heavy atom. The minimum atomic E-state index is -1.13. The van der Waals surface area contributed by atoms with Crippen molar-refractivity contribution in [3.05, 3.63) is 29.8 Å². The SMILES string of the molecule is CC(C)(C)C(F)c1ccccc1O. The van der Waals surface area contributed by atoms with Gasteiger partial charge in [0, 0.05) is 5.56 Å². The zero-order valence-corrected chi connectivity index (χ0v) is 8.21. The molecule has 1 N–H and O–H groups in total. The highest BCUT2D eigenvalue weighted by Gasteiger charge is 2.27. The van der Waals surface area contributed by atoms with Crippen LogP contribution in [0.3, 0.4) is 0 Å². The first-order chi connectivity index (χ1) is 5.93. The minimum absolute atomic E-state index is 0.0323. The van der Waals surface area contributed by atoms with Gasteiger partial charge in [-0.1, -0.05) is 39.0 Å². The summed E-state index contributed by atoms with van der Waals surface area (Å²) < 4.78 is 13.7. The van der Waals surface area contributed by atoms with Gasteiger partial charge in [-0.05, 0) is 11.5 Å². The normalized spacial score (nSPS) is 14.2. The Balaban J connectivity index is 3.02. The molecule has 0 aliphatic carbocycles. The summed E-state index contributed by atoms with van der Waals surface area (Å²) in [6, 6.07) is 6.54. The Hall–Kier alpha value is -1.05. The Labute approximate surface area is 78.2 Å². The average molecular weight is 182 g/mol. The van der Waals surface area contributed by atoms with E-state index in [4.69, 9.17) is 0 Å². The summed E-state index contributed by atoms with van der Waals surface area (Å²) in [5.41, 5.74) is -0.103. The second kappa shape index (κ2) is 3.36. The standard InChI is InChI=1S/C11H15FO/c1-11(2,3)10(12)8-6-4-5-7-9(8)13/h4-7,10,13H,1-3H3. The van der Waals surface area contributed by atoms with Crippen LogP contribution in [-0.4, -0.2) is 5.11 Å². The maximum Gasteiger partial charge on any atom is 0.133 e. The number of hydrogen-bond acceptors (Lipinski definition) is 1. The number of aromatic hydroxyl groups is 1. The summed E-state index contributed by atoms with van der Waals surface area (Å²) in [5, 5.41) is 9.40. The fourth-order valence-electron chi connectivity index (χ4n) is 1.17. The van der Waals surface area contributed by atoms with Crippen molar-refractivity contribution in [1.82, 2.24) is 0 Å². The van der Waals surface area contributed by atoms with E-state index in [0.717, 1.165) is 0 Å². The van der Waals surface area contributed by atoms with Crippen LogP contribution in [0.4, 0.5) is 4.39 Å². The predicted molar refractivity (Wildman–Crippen MR) is 51.4 cm³/mol. The molecule has 0 bridgehead atoms. The monoisotopic (exact) mass is 182 g/mol. The van der Waals surface area contributed by atoms with Gasteiger partial charge in [0.25, 0.3) is 0 Å². The lowest BCUT2D eigenvalue weighted by atomic mass is 9.86. The number of hydrogen-bond donors (Lipinski definition) is 1. The molecule has 0 aromatic heterocycles. The van der Waals surface area contributed by atoms with Gasteiger partial charge in [-0.2, -0.15) is 0 Å². The second-order valence-electron chi connectivity index (χ2n) is 4.29. The van der Waals surface area contributed by atoms with Crippen molar-refractivity contribution in [2.45, 2.75) is 26.9 Å². The highest BCUT2D eigenvalue weighted by atomic mass is 19.1. The minimum Gasteiger partial charge on any atom is -0.508 e. The molecule has 0 fully saturated rings. The summed E-state index contributed by atoms with van der Waals surface area (Å²) >= 11 is 0. The van der Waals surface area contributed by atoms with Crippen LogP contribution in [0.1, 0.15) is 32.5 Å². The van der Waals surface area contributed by atoms with Crippen LogP contribution >= 0.6 is 0 Å². The molecule has 0 saturated heterocycles. The van der Waals surface area contributed by atoms with E-state index in [2.05, 4.69) is 0 Å². The smallest absolute Gasteiger partial charge is 0.133 e. The average Bonchev–Trinajstić information content (AvgIpc) is 2.02. The molecule has 0 radical (unpaired) electrons. The topological polar surface area (TPSA) is 20.2 Å². The number of phenolic OH excluding ortho intramolecular Hbond substituents is 1. The highest BCUT2D eigenvalue weighted by Crippen LogP contribution is 2.39. The summed E-state index contributed by atoms with van der Waals surface area (Å²) in [5.74, 6) is 0.0323. The van der Waals surface area contributed by atoms with Crippen molar-refractivity contribution < 1.29 is 9.50 Å². The van der Waals surface area contributed by atoms with Gasteiger partial charge in [0.1, 0.15) is 11.9 Å². The molecule has 0 saturated carbocycles. The number of para-hydroxylation sites is 1. The molecule has 0 spiro atoms. The van der Waals surface area contributed by atoms with Gasteiger partial charge in [0.05, 0.1) is 0 Å². The number of phenols is 1. The Morgan fingerprint density at radius 2 is 1.77 bits per heavy atom. The van der Waals surface area contributed by atoms with Crippen LogP contribution in [0.5, 0.6) is 5.75 Å². The van der Waals surface area contributed by atoms with Gasteiger partial charge in [-0.25, -0.2) is 4.39 Å². The first-order valence-electron chi connectivity index (χ1n) is 4.35. The van der Waals surface area contributed by atoms with E-state index >= 15 is 0 Å². The van der Waals surface area contributed by atoms with Crippen LogP contribution in [0.2, 0.25) is 0 Å². The van der Waals surface area contributed by atoms with Gasteiger partial charge in [0.2, 0.25) is 0 Å². The molecule has 0 aliphatic heterocycles. The van der Waals surface area contributed by atoms with Crippen molar-refractivity contribution in [2.24, 2.45) is 5.41 Å². The molecule has 0 amide bonds. The lowest BCUT2D eigenvalue weighted by Crippen LogP contribution is -2.14. The molecule has 1 aromatic carbocycles. The van der Waals surface area contributed by atoms with Crippen molar-refractivity contribution in [3.63, 3.8) is 0 Å². The van der Waals surface area contributed by atoms with E-state index in [9.17, 15) is 9.50 Å².